The molecule has 0 aliphatic rings. The molecule has 0 heterocycles. The van der Waals surface area contributed by atoms with Crippen LogP contribution in [0.25, 0.3) is 0 Å². The molecule has 4 heteroatoms. The highest BCUT2D eigenvalue weighted by Crippen LogP contribution is 2.14. The summed E-state index contributed by atoms with van der Waals surface area (Å²) < 4.78 is 5.25. The summed E-state index contributed by atoms with van der Waals surface area (Å²) in [7, 11) is 0. The molecule has 0 bridgehead atoms. The van der Waals surface area contributed by atoms with Gasteiger partial charge >= 0.3 is 0 Å². The number of ether oxygens (including phenoxy) is 1. The fourth-order valence-corrected chi connectivity index (χ4v) is 1.49. The van der Waals surface area contributed by atoms with Crippen molar-refractivity contribution in [2.45, 2.75) is 32.5 Å². The second-order valence-electron chi connectivity index (χ2n) is 3.76. The van der Waals surface area contributed by atoms with Crippen LogP contribution in [0.4, 0.5) is 0 Å². The summed E-state index contributed by atoms with van der Waals surface area (Å²) in [4.78, 5) is 13.7. The Kier molecular flexibility index (Phi) is 8.06. The zero-order chi connectivity index (χ0) is 11.8. The van der Waals surface area contributed by atoms with Crippen LogP contribution < -0.4 is 0 Å². The monoisotopic (exact) mass is 279 g/mol. The van der Waals surface area contributed by atoms with Crippen LogP contribution in [0.1, 0.15) is 27.7 Å². The van der Waals surface area contributed by atoms with Crippen molar-refractivity contribution < 1.29 is 9.53 Å². The first-order valence-corrected chi connectivity index (χ1v) is 6.46. The third-order valence-corrected chi connectivity index (χ3v) is 3.67. The van der Waals surface area contributed by atoms with Crippen LogP contribution in [0.3, 0.4) is 0 Å². The molecule has 0 radical (unpaired) electrons. The van der Waals surface area contributed by atoms with Gasteiger partial charge in [0.2, 0.25) is 5.91 Å². The second-order valence-corrected chi connectivity index (χ2v) is 4.75. The fourth-order valence-electron chi connectivity index (χ4n) is 1.20. The van der Waals surface area contributed by atoms with Gasteiger partial charge in [-0.3, -0.25) is 4.79 Å². The SMILES string of the molecule is CCOCCN(CC)C(=O)C(Br)C(C)C. The van der Waals surface area contributed by atoms with Gasteiger partial charge in [-0.2, -0.15) is 0 Å². The van der Waals surface area contributed by atoms with Crippen molar-refractivity contribution in [1.82, 2.24) is 4.90 Å². The second kappa shape index (κ2) is 8.11. The van der Waals surface area contributed by atoms with E-state index in [1.54, 1.807) is 0 Å². The minimum absolute atomic E-state index is 0.0842. The molecule has 90 valence electrons. The molecule has 3 nitrogen and oxygen atoms in total. The number of nitrogens with zero attached hydrogens (tertiary/aromatic N) is 1. The molecule has 1 unspecified atom stereocenters. The van der Waals surface area contributed by atoms with E-state index in [-0.39, 0.29) is 10.7 Å². The number of halogens is 1. The maximum atomic E-state index is 11.9. The normalized spacial score (nSPS) is 12.9. The molecule has 0 aliphatic heterocycles. The van der Waals surface area contributed by atoms with E-state index in [0.29, 0.717) is 25.7 Å². The summed E-state index contributed by atoms with van der Waals surface area (Å²) in [6.07, 6.45) is 0. The van der Waals surface area contributed by atoms with E-state index in [4.69, 9.17) is 4.74 Å². The molecule has 1 atom stereocenters. The minimum Gasteiger partial charge on any atom is -0.380 e. The van der Waals surface area contributed by atoms with Gasteiger partial charge in [0, 0.05) is 19.7 Å². The van der Waals surface area contributed by atoms with Gasteiger partial charge in [-0.15, -0.1) is 0 Å². The number of amides is 1. The largest absolute Gasteiger partial charge is 0.380 e. The van der Waals surface area contributed by atoms with Gasteiger partial charge in [-0.05, 0) is 19.8 Å². The average molecular weight is 280 g/mol. The number of carbonyl (C=O) groups excluding carboxylic acids is 1. The lowest BCUT2D eigenvalue weighted by atomic mass is 10.1. The smallest absolute Gasteiger partial charge is 0.236 e. The molecular formula is C11H22BrNO2. The number of carbonyl (C=O) groups is 1. The Morgan fingerprint density at radius 1 is 1.40 bits per heavy atom. The predicted octanol–water partition coefficient (Wildman–Crippen LogP) is 2.29. The predicted molar refractivity (Wildman–Crippen MR) is 66.3 cm³/mol. The summed E-state index contributed by atoms with van der Waals surface area (Å²) >= 11 is 3.43. The maximum absolute atomic E-state index is 11.9. The molecule has 0 aromatic rings. The van der Waals surface area contributed by atoms with Gasteiger partial charge in [0.05, 0.1) is 11.4 Å². The summed E-state index contributed by atoms with van der Waals surface area (Å²) in [6.45, 7) is 10.8. The topological polar surface area (TPSA) is 29.5 Å². The quantitative estimate of drug-likeness (QED) is 0.529. The lowest BCUT2D eigenvalue weighted by Gasteiger charge is -2.25. The lowest BCUT2D eigenvalue weighted by molar-refractivity contribution is -0.131. The summed E-state index contributed by atoms with van der Waals surface area (Å²) in [5.41, 5.74) is 0. The molecule has 0 aliphatic carbocycles. The summed E-state index contributed by atoms with van der Waals surface area (Å²) in [5.74, 6) is 0.478. The van der Waals surface area contributed by atoms with Crippen molar-refractivity contribution in [3.63, 3.8) is 0 Å². The minimum atomic E-state index is -0.0842. The molecule has 0 saturated carbocycles. The Bertz CT molecular complexity index is 185. The van der Waals surface area contributed by atoms with Gasteiger partial charge in [0.1, 0.15) is 0 Å². The Balaban J connectivity index is 4.09. The van der Waals surface area contributed by atoms with Gasteiger partial charge < -0.3 is 9.64 Å². The van der Waals surface area contributed by atoms with Gasteiger partial charge in [0.25, 0.3) is 0 Å². The van der Waals surface area contributed by atoms with Crippen LogP contribution in [0.2, 0.25) is 0 Å². The zero-order valence-electron chi connectivity index (χ0n) is 10.1. The Morgan fingerprint density at radius 3 is 2.40 bits per heavy atom. The molecule has 0 saturated heterocycles. The first-order chi connectivity index (χ1) is 7.04. The van der Waals surface area contributed by atoms with E-state index in [1.165, 1.54) is 0 Å². The van der Waals surface area contributed by atoms with Crippen molar-refractivity contribution >= 4 is 21.8 Å². The molecule has 0 aromatic carbocycles. The molecule has 15 heavy (non-hydrogen) atoms. The number of rotatable bonds is 7. The van der Waals surface area contributed by atoms with E-state index >= 15 is 0 Å². The molecule has 0 aromatic heterocycles. The van der Waals surface area contributed by atoms with Crippen molar-refractivity contribution in [3.05, 3.63) is 0 Å². The molecule has 0 spiro atoms. The van der Waals surface area contributed by atoms with Gasteiger partial charge in [-0.1, -0.05) is 29.8 Å². The van der Waals surface area contributed by atoms with Gasteiger partial charge in [-0.25, -0.2) is 0 Å². The molecular weight excluding hydrogens is 258 g/mol. The molecule has 0 N–H and O–H groups in total. The standard InChI is InChI=1S/C11H22BrNO2/c1-5-13(7-8-15-6-2)11(14)10(12)9(3)4/h9-10H,5-8H2,1-4H3. The van der Waals surface area contributed by atoms with Crippen molar-refractivity contribution in [1.29, 1.82) is 0 Å². The average Bonchev–Trinajstić information content (AvgIpc) is 2.22. The van der Waals surface area contributed by atoms with Crippen molar-refractivity contribution in [2.24, 2.45) is 5.92 Å². The van der Waals surface area contributed by atoms with E-state index < -0.39 is 0 Å². The highest BCUT2D eigenvalue weighted by molar-refractivity contribution is 9.10. The third kappa shape index (κ3) is 5.52. The van der Waals surface area contributed by atoms with Crippen molar-refractivity contribution in [2.75, 3.05) is 26.3 Å². The van der Waals surface area contributed by atoms with E-state index in [1.807, 2.05) is 32.6 Å². The molecule has 0 rings (SSSR count). The first-order valence-electron chi connectivity index (χ1n) is 5.55. The van der Waals surface area contributed by atoms with Crippen molar-refractivity contribution in [3.8, 4) is 0 Å². The Hall–Kier alpha value is -0.0900. The molecule has 1 amide bonds. The Labute approximate surface area is 101 Å². The number of likely N-dealkylation sites (N-methyl/N-ethyl adjacent to an activating group) is 1. The third-order valence-electron chi connectivity index (χ3n) is 2.22. The van der Waals surface area contributed by atoms with Crippen LogP contribution in [0.5, 0.6) is 0 Å². The van der Waals surface area contributed by atoms with Crippen LogP contribution in [-0.4, -0.2) is 41.9 Å². The Morgan fingerprint density at radius 2 is 2.00 bits per heavy atom. The highest BCUT2D eigenvalue weighted by atomic mass is 79.9. The maximum Gasteiger partial charge on any atom is 0.236 e. The fraction of sp³-hybridized carbons (Fsp3) is 0.909. The number of alkyl halides is 1. The number of hydrogen-bond donors (Lipinski definition) is 0. The number of hydrogen-bond acceptors (Lipinski definition) is 2. The van der Waals surface area contributed by atoms with E-state index in [2.05, 4.69) is 15.9 Å². The van der Waals surface area contributed by atoms with E-state index in [0.717, 1.165) is 6.54 Å². The van der Waals surface area contributed by atoms with Gasteiger partial charge in [0.15, 0.2) is 0 Å². The molecule has 0 fully saturated rings. The van der Waals surface area contributed by atoms with Crippen LogP contribution in [0, 0.1) is 5.92 Å². The van der Waals surface area contributed by atoms with Crippen LogP contribution >= 0.6 is 15.9 Å². The van der Waals surface area contributed by atoms with Crippen LogP contribution in [0.15, 0.2) is 0 Å². The lowest BCUT2D eigenvalue weighted by Crippen LogP contribution is -2.40. The summed E-state index contributed by atoms with van der Waals surface area (Å²) in [5, 5.41) is 0. The zero-order valence-corrected chi connectivity index (χ0v) is 11.7. The van der Waals surface area contributed by atoms with Crippen LogP contribution in [-0.2, 0) is 9.53 Å². The first kappa shape index (κ1) is 14.9. The summed E-state index contributed by atoms with van der Waals surface area (Å²) in [6, 6.07) is 0. The van der Waals surface area contributed by atoms with E-state index in [9.17, 15) is 4.79 Å². The highest BCUT2D eigenvalue weighted by Gasteiger charge is 2.23.